The fraction of sp³-hybridized carbons (Fsp3) is 0.316. The molecule has 2 rings (SSSR count). The van der Waals surface area contributed by atoms with Crippen LogP contribution >= 0.6 is 11.8 Å². The van der Waals surface area contributed by atoms with Crippen LogP contribution < -0.4 is 5.32 Å². The van der Waals surface area contributed by atoms with Crippen LogP contribution in [0.15, 0.2) is 54.7 Å². The van der Waals surface area contributed by atoms with E-state index in [0.29, 0.717) is 24.6 Å². The van der Waals surface area contributed by atoms with Crippen LogP contribution in [-0.2, 0) is 21.9 Å². The summed E-state index contributed by atoms with van der Waals surface area (Å²) in [7, 11) is 0. The summed E-state index contributed by atoms with van der Waals surface area (Å²) in [4.78, 5) is 30.1. The van der Waals surface area contributed by atoms with Crippen molar-refractivity contribution in [3.63, 3.8) is 0 Å². The van der Waals surface area contributed by atoms with Crippen LogP contribution in [0.2, 0.25) is 0 Å². The quantitative estimate of drug-likeness (QED) is 0.749. The molecule has 1 N–H and O–H groups in total. The predicted molar refractivity (Wildman–Crippen MR) is 101 cm³/mol. The number of nitrogens with zero attached hydrogens (tertiary/aromatic N) is 2. The van der Waals surface area contributed by atoms with Crippen LogP contribution in [0.4, 0.5) is 0 Å². The Morgan fingerprint density at radius 1 is 1.12 bits per heavy atom. The number of amides is 2. The van der Waals surface area contributed by atoms with Gasteiger partial charge in [0.2, 0.25) is 11.8 Å². The maximum Gasteiger partial charge on any atom is 0.242 e. The van der Waals surface area contributed by atoms with E-state index in [1.54, 1.807) is 11.1 Å². The fourth-order valence-corrected chi connectivity index (χ4v) is 3.02. The van der Waals surface area contributed by atoms with Crippen molar-refractivity contribution in [3.05, 3.63) is 66.0 Å². The van der Waals surface area contributed by atoms with E-state index in [-0.39, 0.29) is 18.4 Å². The standard InChI is InChI=1S/C19H23N3O2S/c1-2-22(13-16-8-4-3-5-9-16)19(24)12-21-18(23)15-25-14-17-10-6-7-11-20-17/h3-11H,2,12-15H2,1H3,(H,21,23). The highest BCUT2D eigenvalue weighted by atomic mass is 32.2. The van der Waals surface area contributed by atoms with Crippen molar-refractivity contribution in [2.24, 2.45) is 0 Å². The van der Waals surface area contributed by atoms with Gasteiger partial charge in [0.1, 0.15) is 0 Å². The maximum atomic E-state index is 12.3. The predicted octanol–water partition coefficient (Wildman–Crippen LogP) is 2.48. The molecule has 2 aromatic rings. The molecule has 132 valence electrons. The molecular formula is C19H23N3O2S. The van der Waals surface area contributed by atoms with Gasteiger partial charge in [-0.15, -0.1) is 11.8 Å². The molecule has 0 aliphatic heterocycles. The molecule has 0 aliphatic rings. The van der Waals surface area contributed by atoms with E-state index >= 15 is 0 Å². The first-order valence-electron chi connectivity index (χ1n) is 8.25. The molecule has 6 heteroatoms. The minimum absolute atomic E-state index is 0.0314. The van der Waals surface area contributed by atoms with E-state index in [0.717, 1.165) is 11.3 Å². The Kier molecular flexibility index (Phi) is 7.98. The summed E-state index contributed by atoms with van der Waals surface area (Å²) in [6.07, 6.45) is 1.74. The Labute approximate surface area is 152 Å². The molecule has 0 saturated carbocycles. The van der Waals surface area contributed by atoms with Gasteiger partial charge in [0.25, 0.3) is 0 Å². The van der Waals surface area contributed by atoms with E-state index in [1.807, 2.05) is 55.5 Å². The Morgan fingerprint density at radius 2 is 1.88 bits per heavy atom. The van der Waals surface area contributed by atoms with Gasteiger partial charge in [0, 0.05) is 25.0 Å². The molecule has 0 atom stereocenters. The number of pyridine rings is 1. The SMILES string of the molecule is CCN(Cc1ccccc1)C(=O)CNC(=O)CSCc1ccccn1. The van der Waals surface area contributed by atoms with E-state index in [1.165, 1.54) is 11.8 Å². The van der Waals surface area contributed by atoms with Gasteiger partial charge < -0.3 is 10.2 Å². The highest BCUT2D eigenvalue weighted by Crippen LogP contribution is 2.09. The van der Waals surface area contributed by atoms with Crippen molar-refractivity contribution < 1.29 is 9.59 Å². The third kappa shape index (κ3) is 6.97. The Morgan fingerprint density at radius 3 is 2.56 bits per heavy atom. The van der Waals surface area contributed by atoms with Crippen LogP contribution in [0.25, 0.3) is 0 Å². The summed E-state index contributed by atoms with van der Waals surface area (Å²) in [6.45, 7) is 3.13. The topological polar surface area (TPSA) is 62.3 Å². The number of nitrogens with one attached hydrogen (secondary N) is 1. The van der Waals surface area contributed by atoms with Gasteiger partial charge in [-0.25, -0.2) is 0 Å². The van der Waals surface area contributed by atoms with E-state index < -0.39 is 0 Å². The molecular weight excluding hydrogens is 334 g/mol. The highest BCUT2D eigenvalue weighted by Gasteiger charge is 2.13. The number of carbonyl (C=O) groups is 2. The maximum absolute atomic E-state index is 12.3. The van der Waals surface area contributed by atoms with Crippen LogP contribution in [0.5, 0.6) is 0 Å². The van der Waals surface area contributed by atoms with Gasteiger partial charge in [-0.3, -0.25) is 14.6 Å². The molecule has 0 radical (unpaired) electrons. The molecule has 0 aliphatic carbocycles. The minimum atomic E-state index is -0.134. The third-order valence-corrected chi connectivity index (χ3v) is 4.56. The lowest BCUT2D eigenvalue weighted by atomic mass is 10.2. The molecule has 2 amide bonds. The van der Waals surface area contributed by atoms with Gasteiger partial charge in [-0.2, -0.15) is 0 Å². The molecule has 1 heterocycles. The largest absolute Gasteiger partial charge is 0.346 e. The lowest BCUT2D eigenvalue weighted by molar-refractivity contribution is -0.132. The molecule has 25 heavy (non-hydrogen) atoms. The number of benzene rings is 1. The number of rotatable bonds is 9. The zero-order valence-electron chi connectivity index (χ0n) is 14.4. The highest BCUT2D eigenvalue weighted by molar-refractivity contribution is 7.99. The number of aromatic nitrogens is 1. The first kappa shape index (κ1) is 19.0. The second-order valence-electron chi connectivity index (χ2n) is 5.48. The normalized spacial score (nSPS) is 10.3. The Hall–Kier alpha value is -2.34. The van der Waals surface area contributed by atoms with Gasteiger partial charge in [0.15, 0.2) is 0 Å². The Bertz CT molecular complexity index is 665. The zero-order chi connectivity index (χ0) is 17.9. The number of hydrogen-bond acceptors (Lipinski definition) is 4. The van der Waals surface area contributed by atoms with Crippen molar-refractivity contribution >= 4 is 23.6 Å². The Balaban J connectivity index is 1.69. The van der Waals surface area contributed by atoms with Gasteiger partial charge >= 0.3 is 0 Å². The van der Waals surface area contributed by atoms with Gasteiger partial charge in [-0.1, -0.05) is 36.4 Å². The molecule has 1 aromatic carbocycles. The molecule has 0 spiro atoms. The third-order valence-electron chi connectivity index (χ3n) is 3.60. The zero-order valence-corrected chi connectivity index (χ0v) is 15.2. The number of likely N-dealkylation sites (N-methyl/N-ethyl adjacent to an activating group) is 1. The van der Waals surface area contributed by atoms with Crippen LogP contribution in [0, 0.1) is 0 Å². The minimum Gasteiger partial charge on any atom is -0.346 e. The van der Waals surface area contributed by atoms with E-state index in [9.17, 15) is 9.59 Å². The van der Waals surface area contributed by atoms with Crippen molar-refractivity contribution in [1.82, 2.24) is 15.2 Å². The summed E-state index contributed by atoms with van der Waals surface area (Å²) in [6, 6.07) is 15.5. The lowest BCUT2D eigenvalue weighted by Crippen LogP contribution is -2.40. The average molecular weight is 357 g/mol. The monoisotopic (exact) mass is 357 g/mol. The van der Waals surface area contributed by atoms with E-state index in [4.69, 9.17) is 0 Å². The first-order chi connectivity index (χ1) is 12.2. The lowest BCUT2D eigenvalue weighted by Gasteiger charge is -2.21. The van der Waals surface area contributed by atoms with Crippen LogP contribution in [0.1, 0.15) is 18.2 Å². The molecule has 1 aromatic heterocycles. The average Bonchev–Trinajstić information content (AvgIpc) is 2.66. The van der Waals surface area contributed by atoms with Crippen molar-refractivity contribution in [2.45, 2.75) is 19.2 Å². The van der Waals surface area contributed by atoms with Gasteiger partial charge in [-0.05, 0) is 24.6 Å². The summed E-state index contributed by atoms with van der Waals surface area (Å²) < 4.78 is 0. The molecule has 0 fully saturated rings. The van der Waals surface area contributed by atoms with Crippen molar-refractivity contribution in [2.75, 3.05) is 18.8 Å². The van der Waals surface area contributed by atoms with Crippen molar-refractivity contribution in [3.8, 4) is 0 Å². The first-order valence-corrected chi connectivity index (χ1v) is 9.40. The number of thioether (sulfide) groups is 1. The molecule has 5 nitrogen and oxygen atoms in total. The molecule has 0 bridgehead atoms. The van der Waals surface area contributed by atoms with E-state index in [2.05, 4.69) is 10.3 Å². The fourth-order valence-electron chi connectivity index (χ4n) is 2.25. The second-order valence-corrected chi connectivity index (χ2v) is 6.47. The summed E-state index contributed by atoms with van der Waals surface area (Å²) in [5.41, 5.74) is 2.02. The van der Waals surface area contributed by atoms with Crippen molar-refractivity contribution in [1.29, 1.82) is 0 Å². The molecule has 0 saturated heterocycles. The van der Waals surface area contributed by atoms with Gasteiger partial charge in [0.05, 0.1) is 18.0 Å². The second kappa shape index (κ2) is 10.5. The van der Waals surface area contributed by atoms with Crippen LogP contribution in [0.3, 0.4) is 0 Å². The summed E-state index contributed by atoms with van der Waals surface area (Å²) >= 11 is 1.48. The van der Waals surface area contributed by atoms with Crippen LogP contribution in [-0.4, -0.2) is 40.5 Å². The smallest absolute Gasteiger partial charge is 0.242 e. The number of carbonyl (C=O) groups excluding carboxylic acids is 2. The summed E-state index contributed by atoms with van der Waals surface area (Å²) in [5, 5.41) is 2.70. The molecule has 0 unspecified atom stereocenters. The number of hydrogen-bond donors (Lipinski definition) is 1. The summed E-state index contributed by atoms with van der Waals surface area (Å²) in [5.74, 6) is 0.783.